The van der Waals surface area contributed by atoms with Crippen LogP contribution in [0.3, 0.4) is 0 Å². The minimum atomic E-state index is 0. The zero-order valence-electron chi connectivity index (χ0n) is 4.10. The second-order valence-corrected chi connectivity index (χ2v) is 0. The SMILES string of the molecule is O.O.O.O.O.[Nb].[Nb].[PbH2]. The van der Waals surface area contributed by atoms with Crippen LogP contribution in [0.2, 0.25) is 0 Å². The molecular formula is H12Nb2O5Pb. The van der Waals surface area contributed by atoms with E-state index >= 15 is 0 Å². The molecule has 0 aliphatic heterocycles. The van der Waals surface area contributed by atoms with Gasteiger partial charge in [0.05, 0.1) is 0 Å². The molecule has 0 amide bonds. The molecule has 0 aliphatic carbocycles. The average molecular weight is 485 g/mol. The van der Waals surface area contributed by atoms with Crippen LogP contribution in [0.15, 0.2) is 0 Å². The maximum atomic E-state index is 0. The Kier molecular flexibility index (Phi) is 2840. The Labute approximate surface area is 98.3 Å². The van der Waals surface area contributed by atoms with E-state index in [4.69, 9.17) is 0 Å². The van der Waals surface area contributed by atoms with Crippen LogP contribution >= 0.6 is 0 Å². The van der Waals surface area contributed by atoms with Crippen LogP contribution in [-0.4, -0.2) is 54.7 Å². The van der Waals surface area contributed by atoms with Gasteiger partial charge >= 0.3 is 27.3 Å². The summed E-state index contributed by atoms with van der Waals surface area (Å²) in [6.07, 6.45) is 0. The van der Waals surface area contributed by atoms with Crippen LogP contribution < -0.4 is 0 Å². The van der Waals surface area contributed by atoms with Crippen molar-refractivity contribution in [1.82, 2.24) is 0 Å². The molecule has 0 fully saturated rings. The van der Waals surface area contributed by atoms with Crippen LogP contribution in [-0.2, 0) is 44.8 Å². The summed E-state index contributed by atoms with van der Waals surface area (Å²) >= 11 is 0. The summed E-state index contributed by atoms with van der Waals surface area (Å²) in [5.74, 6) is 0. The van der Waals surface area contributed by atoms with Gasteiger partial charge < -0.3 is 27.4 Å². The van der Waals surface area contributed by atoms with Crippen molar-refractivity contribution in [2.45, 2.75) is 0 Å². The van der Waals surface area contributed by atoms with E-state index in [2.05, 4.69) is 0 Å². The molecule has 4 radical (unpaired) electrons. The van der Waals surface area contributed by atoms with Gasteiger partial charge in [-0.15, -0.1) is 0 Å². The van der Waals surface area contributed by atoms with E-state index in [1.807, 2.05) is 0 Å². The predicted molar refractivity (Wildman–Crippen MR) is 26.6 cm³/mol. The summed E-state index contributed by atoms with van der Waals surface area (Å²) in [4.78, 5) is 0. The molecule has 0 aromatic heterocycles. The van der Waals surface area contributed by atoms with Crippen molar-refractivity contribution >= 4 is 27.3 Å². The van der Waals surface area contributed by atoms with Gasteiger partial charge in [0.1, 0.15) is 0 Å². The van der Waals surface area contributed by atoms with Crippen LogP contribution in [0.4, 0.5) is 0 Å². The Morgan fingerprint density at radius 2 is 0.375 bits per heavy atom. The van der Waals surface area contributed by atoms with Gasteiger partial charge in [-0.25, -0.2) is 0 Å². The summed E-state index contributed by atoms with van der Waals surface area (Å²) in [6.45, 7) is 0. The monoisotopic (exact) mass is 486 g/mol. The standard InChI is InChI=1S/2Nb.5H2O.Pb.2H/h;;5*1H2;;;. The Bertz CT molecular complexity index is 10.4. The molecule has 0 bridgehead atoms. The molecule has 0 unspecified atom stereocenters. The predicted octanol–water partition coefficient (Wildman–Crippen LogP) is -5.04. The van der Waals surface area contributed by atoms with Crippen molar-refractivity contribution in [3.05, 3.63) is 0 Å². The van der Waals surface area contributed by atoms with Crippen molar-refractivity contribution in [3.8, 4) is 0 Å². The third-order valence-electron chi connectivity index (χ3n) is 0. The maximum absolute atomic E-state index is 0. The summed E-state index contributed by atoms with van der Waals surface area (Å²) in [6, 6.07) is 0. The molecule has 0 atom stereocenters. The average Bonchev–Trinajstić information content (AvgIpc) is 0. The van der Waals surface area contributed by atoms with Gasteiger partial charge in [-0.3, -0.25) is 0 Å². The van der Waals surface area contributed by atoms with E-state index in [0.29, 0.717) is 0 Å². The third-order valence-corrected chi connectivity index (χ3v) is 0. The van der Waals surface area contributed by atoms with Gasteiger partial charge in [0.25, 0.3) is 0 Å². The van der Waals surface area contributed by atoms with Crippen molar-refractivity contribution in [1.29, 1.82) is 0 Å². The van der Waals surface area contributed by atoms with Crippen LogP contribution in [0.25, 0.3) is 0 Å². The molecule has 5 nitrogen and oxygen atoms in total. The topological polar surface area (TPSA) is 158 Å². The third kappa shape index (κ3) is 87.7. The van der Waals surface area contributed by atoms with Gasteiger partial charge in [0.15, 0.2) is 0 Å². The first-order chi connectivity index (χ1) is 0. The van der Waals surface area contributed by atoms with Crippen LogP contribution in [0.1, 0.15) is 0 Å². The fourth-order valence-electron chi connectivity index (χ4n) is 0. The molecule has 0 aromatic rings. The molecule has 0 rings (SSSR count). The molecule has 0 spiro atoms. The van der Waals surface area contributed by atoms with E-state index in [1.165, 1.54) is 0 Å². The Morgan fingerprint density at radius 1 is 0.375 bits per heavy atom. The zero-order chi connectivity index (χ0) is 0. The molecule has 0 heterocycles. The van der Waals surface area contributed by atoms with Crippen LogP contribution in [0.5, 0.6) is 0 Å². The molecule has 0 aliphatic rings. The molecule has 0 saturated heterocycles. The Morgan fingerprint density at radius 3 is 0.375 bits per heavy atom. The van der Waals surface area contributed by atoms with Crippen molar-refractivity contribution in [2.24, 2.45) is 0 Å². The number of hydrogen-bond donors (Lipinski definition) is 0. The second kappa shape index (κ2) is 128. The number of hydrogen-bond acceptors (Lipinski definition) is 0. The summed E-state index contributed by atoms with van der Waals surface area (Å²) < 4.78 is 0. The Hall–Kier alpha value is 2.20. The van der Waals surface area contributed by atoms with Gasteiger partial charge in [-0.05, 0) is 0 Å². The second-order valence-electron chi connectivity index (χ2n) is 0. The molecule has 0 saturated carbocycles. The van der Waals surface area contributed by atoms with E-state index in [1.54, 1.807) is 0 Å². The van der Waals surface area contributed by atoms with E-state index in [0.717, 1.165) is 0 Å². The van der Waals surface area contributed by atoms with E-state index in [-0.39, 0.29) is 99.4 Å². The van der Waals surface area contributed by atoms with Gasteiger partial charge in [-0.2, -0.15) is 0 Å². The van der Waals surface area contributed by atoms with Gasteiger partial charge in [-0.1, -0.05) is 0 Å². The number of rotatable bonds is 0. The quantitative estimate of drug-likeness (QED) is 0.301. The molecular weight excluding hydrogens is 473 g/mol. The summed E-state index contributed by atoms with van der Waals surface area (Å²) in [5.41, 5.74) is 0. The van der Waals surface area contributed by atoms with Crippen molar-refractivity contribution < 1.29 is 72.1 Å². The van der Waals surface area contributed by atoms with E-state index in [9.17, 15) is 0 Å². The van der Waals surface area contributed by atoms with Gasteiger partial charge in [0.2, 0.25) is 0 Å². The van der Waals surface area contributed by atoms with E-state index < -0.39 is 0 Å². The first kappa shape index (κ1) is 178. The summed E-state index contributed by atoms with van der Waals surface area (Å²) in [7, 11) is 0. The molecule has 8 heavy (non-hydrogen) atoms. The fraction of sp³-hybridized carbons (Fsp3) is 0. The van der Waals surface area contributed by atoms with Gasteiger partial charge in [0, 0.05) is 44.8 Å². The fourth-order valence-corrected chi connectivity index (χ4v) is 0. The first-order valence-corrected chi connectivity index (χ1v) is 0. The summed E-state index contributed by atoms with van der Waals surface area (Å²) in [5, 5.41) is 0. The molecule has 0 aromatic carbocycles. The van der Waals surface area contributed by atoms with Crippen molar-refractivity contribution in [3.63, 3.8) is 0 Å². The Balaban J connectivity index is 0. The normalized spacial score (nSPS) is 0. The first-order valence-electron chi connectivity index (χ1n) is 0. The minimum absolute atomic E-state index is 0. The zero-order valence-corrected chi connectivity index (χ0v) is 14.0. The van der Waals surface area contributed by atoms with Crippen LogP contribution in [0, 0.1) is 0 Å². The molecule has 10 N–H and O–H groups in total. The van der Waals surface area contributed by atoms with Crippen molar-refractivity contribution in [2.75, 3.05) is 0 Å². The molecule has 8 heteroatoms. The molecule has 56 valence electrons.